The second kappa shape index (κ2) is 4.68. The molecule has 1 aromatic carbocycles. The Kier molecular flexibility index (Phi) is 3.03. The van der Waals surface area contributed by atoms with Crippen LogP contribution in [0.3, 0.4) is 0 Å². The molecule has 0 saturated heterocycles. The number of hydrogen-bond acceptors (Lipinski definition) is 4. The van der Waals surface area contributed by atoms with Crippen molar-refractivity contribution in [2.45, 2.75) is 6.42 Å². The molecule has 3 aromatic rings. The fourth-order valence-electron chi connectivity index (χ4n) is 1.77. The van der Waals surface area contributed by atoms with Gasteiger partial charge in [-0.05, 0) is 30.8 Å². The zero-order valence-corrected chi connectivity index (χ0v) is 11.1. The Morgan fingerprint density at radius 3 is 2.78 bits per heavy atom. The lowest BCUT2D eigenvalue weighted by Gasteiger charge is -1.95. The molecule has 0 fully saturated rings. The van der Waals surface area contributed by atoms with Crippen LogP contribution in [0.1, 0.15) is 5.69 Å². The Morgan fingerprint density at radius 2 is 2.06 bits per heavy atom. The molecular weight excluding hydrogens is 268 g/mol. The highest BCUT2D eigenvalue weighted by atomic mass is 35.5. The van der Waals surface area contributed by atoms with Gasteiger partial charge in [-0.25, -0.2) is 4.52 Å². The summed E-state index contributed by atoms with van der Waals surface area (Å²) in [5.74, 6) is 0.719. The van der Waals surface area contributed by atoms with Crippen molar-refractivity contribution in [1.29, 1.82) is 0 Å². The van der Waals surface area contributed by atoms with Crippen LogP contribution in [-0.4, -0.2) is 21.1 Å². The third-order valence-electron chi connectivity index (χ3n) is 2.65. The van der Waals surface area contributed by atoms with Crippen LogP contribution >= 0.6 is 22.9 Å². The number of benzene rings is 1. The van der Waals surface area contributed by atoms with E-state index in [1.165, 1.54) is 0 Å². The van der Waals surface area contributed by atoms with Crippen LogP contribution in [0.4, 0.5) is 0 Å². The van der Waals surface area contributed by atoms with E-state index in [1.54, 1.807) is 11.3 Å². The predicted octanol–water partition coefficient (Wildman–Crippen LogP) is 2.61. The first kappa shape index (κ1) is 11.6. The van der Waals surface area contributed by atoms with Gasteiger partial charge in [-0.15, -0.1) is 16.4 Å². The Morgan fingerprint density at radius 1 is 1.28 bits per heavy atom. The summed E-state index contributed by atoms with van der Waals surface area (Å²) < 4.78 is 1.86. The maximum Gasteiger partial charge on any atom is 0.212 e. The number of aromatic nitrogens is 3. The Hall–Kier alpha value is -1.43. The highest BCUT2D eigenvalue weighted by Crippen LogP contribution is 2.22. The van der Waals surface area contributed by atoms with E-state index in [1.807, 2.05) is 34.2 Å². The topological polar surface area (TPSA) is 56.2 Å². The summed E-state index contributed by atoms with van der Waals surface area (Å²) in [5, 5.41) is 7.27. The Labute approximate surface area is 113 Å². The minimum absolute atomic E-state index is 0.613. The van der Waals surface area contributed by atoms with Gasteiger partial charge in [-0.2, -0.15) is 4.98 Å². The second-order valence-corrected chi connectivity index (χ2v) is 5.18. The molecule has 2 N–H and O–H groups in total. The lowest BCUT2D eigenvalue weighted by Crippen LogP contribution is -2.05. The van der Waals surface area contributed by atoms with Gasteiger partial charge in [0.15, 0.2) is 5.82 Å². The van der Waals surface area contributed by atoms with E-state index >= 15 is 0 Å². The summed E-state index contributed by atoms with van der Waals surface area (Å²) in [6.45, 7) is 0.613. The van der Waals surface area contributed by atoms with Crippen molar-refractivity contribution < 1.29 is 0 Å². The maximum absolute atomic E-state index is 5.87. The number of halogens is 1. The zero-order valence-electron chi connectivity index (χ0n) is 9.51. The number of nitrogens with two attached hydrogens (primary N) is 1. The molecule has 3 rings (SSSR count). The first-order valence-corrected chi connectivity index (χ1v) is 6.83. The Balaban J connectivity index is 2.05. The molecular formula is C12H11ClN4S. The average molecular weight is 279 g/mol. The molecule has 2 heterocycles. The van der Waals surface area contributed by atoms with Crippen LogP contribution in [0.15, 0.2) is 29.6 Å². The van der Waals surface area contributed by atoms with Crippen molar-refractivity contribution in [3.8, 4) is 11.4 Å². The number of hydrogen-bond donors (Lipinski definition) is 1. The van der Waals surface area contributed by atoms with Gasteiger partial charge in [0.05, 0.1) is 5.69 Å². The molecule has 92 valence electrons. The van der Waals surface area contributed by atoms with Gasteiger partial charge in [0, 0.05) is 22.4 Å². The number of rotatable bonds is 3. The van der Waals surface area contributed by atoms with Crippen LogP contribution in [0.25, 0.3) is 16.3 Å². The van der Waals surface area contributed by atoms with E-state index in [2.05, 4.69) is 10.1 Å². The molecule has 2 aromatic heterocycles. The minimum Gasteiger partial charge on any atom is -0.330 e. The molecule has 0 spiro atoms. The SMILES string of the molecule is NCCc1csc2nc(-c3ccc(Cl)cc3)nn12. The molecule has 4 nitrogen and oxygen atoms in total. The number of thiazole rings is 1. The molecule has 6 heteroatoms. The quantitative estimate of drug-likeness (QED) is 0.801. The molecule has 0 aliphatic rings. The largest absolute Gasteiger partial charge is 0.330 e. The summed E-state index contributed by atoms with van der Waals surface area (Å²) in [4.78, 5) is 5.39. The van der Waals surface area contributed by atoms with Crippen molar-refractivity contribution >= 4 is 27.9 Å². The van der Waals surface area contributed by atoms with E-state index in [0.717, 1.165) is 28.5 Å². The van der Waals surface area contributed by atoms with Crippen molar-refractivity contribution in [3.63, 3.8) is 0 Å². The molecule has 0 radical (unpaired) electrons. The summed E-state index contributed by atoms with van der Waals surface area (Å²) in [5.41, 5.74) is 7.64. The van der Waals surface area contributed by atoms with Crippen LogP contribution in [0.5, 0.6) is 0 Å². The fourth-order valence-corrected chi connectivity index (χ4v) is 2.75. The standard InChI is InChI=1S/C12H11ClN4S/c13-9-3-1-8(2-4-9)11-15-12-17(16-11)10(5-6-14)7-18-12/h1-4,7H,5-6,14H2. The normalized spacial score (nSPS) is 11.2. The number of fused-ring (bicyclic) bond motifs is 1. The molecule has 0 saturated carbocycles. The van der Waals surface area contributed by atoms with Gasteiger partial charge in [0.1, 0.15) is 0 Å². The third-order valence-corrected chi connectivity index (χ3v) is 3.77. The lowest BCUT2D eigenvalue weighted by atomic mass is 10.2. The summed E-state index contributed by atoms with van der Waals surface area (Å²) in [6.07, 6.45) is 0.809. The molecule has 0 atom stereocenters. The van der Waals surface area contributed by atoms with Crippen LogP contribution in [0, 0.1) is 0 Å². The van der Waals surface area contributed by atoms with Gasteiger partial charge in [0.2, 0.25) is 4.96 Å². The molecule has 18 heavy (non-hydrogen) atoms. The maximum atomic E-state index is 5.87. The van der Waals surface area contributed by atoms with Gasteiger partial charge >= 0.3 is 0 Å². The summed E-state index contributed by atoms with van der Waals surface area (Å²) >= 11 is 7.45. The van der Waals surface area contributed by atoms with Crippen molar-refractivity contribution in [3.05, 3.63) is 40.4 Å². The average Bonchev–Trinajstić information content (AvgIpc) is 2.93. The molecule has 0 aliphatic heterocycles. The Bertz CT molecular complexity index is 671. The number of nitrogens with zero attached hydrogens (tertiary/aromatic N) is 3. The van der Waals surface area contributed by atoms with Crippen molar-refractivity contribution in [1.82, 2.24) is 14.6 Å². The third kappa shape index (κ3) is 2.01. The van der Waals surface area contributed by atoms with Crippen LogP contribution < -0.4 is 5.73 Å². The highest BCUT2D eigenvalue weighted by Gasteiger charge is 2.10. The van der Waals surface area contributed by atoms with Crippen molar-refractivity contribution in [2.24, 2.45) is 5.73 Å². The van der Waals surface area contributed by atoms with Gasteiger partial charge in [-0.3, -0.25) is 0 Å². The first-order chi connectivity index (χ1) is 8.78. The zero-order chi connectivity index (χ0) is 12.5. The van der Waals surface area contributed by atoms with Gasteiger partial charge in [0.25, 0.3) is 0 Å². The first-order valence-electron chi connectivity index (χ1n) is 5.57. The smallest absolute Gasteiger partial charge is 0.212 e. The summed E-state index contributed by atoms with van der Waals surface area (Å²) in [7, 11) is 0. The highest BCUT2D eigenvalue weighted by molar-refractivity contribution is 7.15. The van der Waals surface area contributed by atoms with Gasteiger partial charge in [-0.1, -0.05) is 11.6 Å². The summed E-state index contributed by atoms with van der Waals surface area (Å²) in [6, 6.07) is 7.52. The minimum atomic E-state index is 0.613. The predicted molar refractivity (Wildman–Crippen MR) is 74.1 cm³/mol. The lowest BCUT2D eigenvalue weighted by molar-refractivity contribution is 0.844. The molecule has 0 bridgehead atoms. The monoisotopic (exact) mass is 278 g/mol. The second-order valence-electron chi connectivity index (χ2n) is 3.90. The van der Waals surface area contributed by atoms with Crippen LogP contribution in [0.2, 0.25) is 5.02 Å². The molecule has 0 aliphatic carbocycles. The van der Waals surface area contributed by atoms with E-state index in [0.29, 0.717) is 11.6 Å². The van der Waals surface area contributed by atoms with E-state index in [-0.39, 0.29) is 0 Å². The molecule has 0 unspecified atom stereocenters. The van der Waals surface area contributed by atoms with E-state index < -0.39 is 0 Å². The van der Waals surface area contributed by atoms with Crippen molar-refractivity contribution in [2.75, 3.05) is 6.54 Å². The van der Waals surface area contributed by atoms with E-state index in [9.17, 15) is 0 Å². The fraction of sp³-hybridized carbons (Fsp3) is 0.167. The van der Waals surface area contributed by atoms with E-state index in [4.69, 9.17) is 17.3 Å². The van der Waals surface area contributed by atoms with Gasteiger partial charge < -0.3 is 5.73 Å². The van der Waals surface area contributed by atoms with Crippen LogP contribution in [-0.2, 0) is 6.42 Å². The molecule has 0 amide bonds.